The molecule has 0 bridgehead atoms. The normalized spacial score (nSPS) is 12.6. The molecule has 3 aromatic rings. The van der Waals surface area contributed by atoms with E-state index in [2.05, 4.69) is 9.97 Å². The maximum atomic E-state index is 13.2. The van der Waals surface area contributed by atoms with Gasteiger partial charge in [-0.3, -0.25) is 0 Å². The van der Waals surface area contributed by atoms with Crippen molar-refractivity contribution in [2.75, 3.05) is 0 Å². The van der Waals surface area contributed by atoms with Gasteiger partial charge in [0.2, 0.25) is 0 Å². The minimum Gasteiger partial charge on any atom is -0.483 e. The van der Waals surface area contributed by atoms with Crippen molar-refractivity contribution in [2.45, 2.75) is 20.0 Å². The van der Waals surface area contributed by atoms with Gasteiger partial charge in [-0.15, -0.1) is 0 Å². The molecule has 3 nitrogen and oxygen atoms in total. The summed E-state index contributed by atoms with van der Waals surface area (Å²) in [6, 6.07) is 12.3. The number of ether oxygens (including phenoxy) is 1. The van der Waals surface area contributed by atoms with Crippen LogP contribution in [0.25, 0.3) is 11.0 Å². The first kappa shape index (κ1) is 12.7. The highest BCUT2D eigenvalue weighted by Crippen LogP contribution is 2.23. The summed E-state index contributed by atoms with van der Waals surface area (Å²) in [6.45, 7) is 3.93. The van der Waals surface area contributed by atoms with Crippen molar-refractivity contribution in [3.05, 3.63) is 59.7 Å². The van der Waals surface area contributed by atoms with Crippen LogP contribution in [0.2, 0.25) is 0 Å². The molecule has 0 amide bonds. The summed E-state index contributed by atoms with van der Waals surface area (Å²) >= 11 is 0. The third-order valence-corrected chi connectivity index (χ3v) is 3.15. The van der Waals surface area contributed by atoms with Crippen molar-refractivity contribution in [2.24, 2.45) is 0 Å². The fourth-order valence-corrected chi connectivity index (χ4v) is 2.14. The molecular formula is C16H15FN2O. The zero-order valence-electron chi connectivity index (χ0n) is 11.4. The van der Waals surface area contributed by atoms with Crippen LogP contribution in [0.15, 0.2) is 42.5 Å². The van der Waals surface area contributed by atoms with Crippen LogP contribution in [0.3, 0.4) is 0 Å². The smallest absolute Gasteiger partial charge is 0.153 e. The third kappa shape index (κ3) is 2.50. The lowest BCUT2D eigenvalue weighted by Gasteiger charge is -2.12. The second-order valence-electron chi connectivity index (χ2n) is 4.86. The Bertz CT molecular complexity index is 751. The highest BCUT2D eigenvalue weighted by atomic mass is 19.1. The van der Waals surface area contributed by atoms with Crippen LogP contribution in [0, 0.1) is 12.7 Å². The zero-order valence-corrected chi connectivity index (χ0v) is 11.4. The van der Waals surface area contributed by atoms with Crippen LogP contribution in [0.4, 0.5) is 4.39 Å². The van der Waals surface area contributed by atoms with E-state index in [9.17, 15) is 4.39 Å². The number of nitrogens with zero attached hydrogens (tertiary/aromatic N) is 1. The van der Waals surface area contributed by atoms with Gasteiger partial charge in [0.15, 0.2) is 6.10 Å². The largest absolute Gasteiger partial charge is 0.483 e. The molecule has 3 rings (SSSR count). The summed E-state index contributed by atoms with van der Waals surface area (Å²) in [7, 11) is 0. The second kappa shape index (κ2) is 4.96. The van der Waals surface area contributed by atoms with E-state index in [1.807, 2.05) is 38.1 Å². The lowest BCUT2D eigenvalue weighted by Crippen LogP contribution is -2.05. The van der Waals surface area contributed by atoms with Crippen molar-refractivity contribution in [1.82, 2.24) is 9.97 Å². The van der Waals surface area contributed by atoms with E-state index in [0.717, 1.165) is 16.8 Å². The van der Waals surface area contributed by atoms with Gasteiger partial charge >= 0.3 is 0 Å². The standard InChI is InChI=1S/C16H15FN2O/c1-10-4-3-5-13(8-10)20-11(2)16-18-14-7-6-12(17)9-15(14)19-16/h3-9,11H,1-2H3,(H,18,19)/t11-/m1/s1. The fraction of sp³-hybridized carbons (Fsp3) is 0.188. The molecule has 102 valence electrons. The van der Waals surface area contributed by atoms with E-state index in [0.29, 0.717) is 11.3 Å². The number of hydrogen-bond donors (Lipinski definition) is 1. The average molecular weight is 270 g/mol. The van der Waals surface area contributed by atoms with Gasteiger partial charge in [-0.25, -0.2) is 9.37 Å². The van der Waals surface area contributed by atoms with E-state index >= 15 is 0 Å². The van der Waals surface area contributed by atoms with Crippen molar-refractivity contribution in [3.63, 3.8) is 0 Å². The SMILES string of the molecule is Cc1cccc(O[C@H](C)c2nc3ccc(F)cc3[nH]2)c1. The van der Waals surface area contributed by atoms with E-state index in [1.165, 1.54) is 12.1 Å². The number of nitrogens with one attached hydrogen (secondary N) is 1. The number of aromatic amines is 1. The zero-order chi connectivity index (χ0) is 14.1. The molecular weight excluding hydrogens is 255 g/mol. The van der Waals surface area contributed by atoms with Crippen molar-refractivity contribution in [3.8, 4) is 5.75 Å². The number of aromatic nitrogens is 2. The van der Waals surface area contributed by atoms with Crippen molar-refractivity contribution in [1.29, 1.82) is 0 Å². The quantitative estimate of drug-likeness (QED) is 0.776. The van der Waals surface area contributed by atoms with E-state index in [4.69, 9.17) is 4.74 Å². The Morgan fingerprint density at radius 2 is 2.05 bits per heavy atom. The van der Waals surface area contributed by atoms with Crippen LogP contribution >= 0.6 is 0 Å². The second-order valence-corrected chi connectivity index (χ2v) is 4.86. The van der Waals surface area contributed by atoms with Gasteiger partial charge in [0.25, 0.3) is 0 Å². The number of aryl methyl sites for hydroxylation is 1. The van der Waals surface area contributed by atoms with Gasteiger partial charge in [-0.2, -0.15) is 0 Å². The van der Waals surface area contributed by atoms with Gasteiger partial charge in [-0.05, 0) is 49.7 Å². The van der Waals surface area contributed by atoms with Gasteiger partial charge in [0.1, 0.15) is 17.4 Å². The number of H-pyrrole nitrogens is 1. The molecule has 0 saturated heterocycles. The summed E-state index contributed by atoms with van der Waals surface area (Å²) < 4.78 is 19.0. The molecule has 1 N–H and O–H groups in total. The van der Waals surface area contributed by atoms with Gasteiger partial charge in [-0.1, -0.05) is 12.1 Å². The van der Waals surface area contributed by atoms with Crippen LogP contribution in [-0.2, 0) is 0 Å². The molecule has 0 radical (unpaired) electrons. The van der Waals surface area contributed by atoms with E-state index in [-0.39, 0.29) is 11.9 Å². The maximum absolute atomic E-state index is 13.2. The molecule has 0 spiro atoms. The van der Waals surface area contributed by atoms with Crippen LogP contribution in [0.1, 0.15) is 24.4 Å². The number of fused-ring (bicyclic) bond motifs is 1. The number of imidazole rings is 1. The molecule has 0 aliphatic rings. The molecule has 0 fully saturated rings. The molecule has 1 heterocycles. The predicted molar refractivity (Wildman–Crippen MR) is 76.3 cm³/mol. The Kier molecular flexibility index (Phi) is 3.14. The lowest BCUT2D eigenvalue weighted by molar-refractivity contribution is 0.218. The molecule has 1 aromatic heterocycles. The molecule has 4 heteroatoms. The summed E-state index contributed by atoms with van der Waals surface area (Å²) in [4.78, 5) is 7.52. The molecule has 0 unspecified atom stereocenters. The number of benzene rings is 2. The molecule has 20 heavy (non-hydrogen) atoms. The number of rotatable bonds is 3. The average Bonchev–Trinajstić information content (AvgIpc) is 2.81. The van der Waals surface area contributed by atoms with Gasteiger partial charge in [0, 0.05) is 0 Å². The Morgan fingerprint density at radius 3 is 2.85 bits per heavy atom. The summed E-state index contributed by atoms with van der Waals surface area (Å²) in [5.74, 6) is 1.20. The summed E-state index contributed by atoms with van der Waals surface area (Å²) in [5.41, 5.74) is 2.56. The Balaban J connectivity index is 1.86. The molecule has 0 aliphatic heterocycles. The maximum Gasteiger partial charge on any atom is 0.153 e. The van der Waals surface area contributed by atoms with Crippen LogP contribution < -0.4 is 4.74 Å². The topological polar surface area (TPSA) is 37.9 Å². The van der Waals surface area contributed by atoms with Crippen LogP contribution in [0.5, 0.6) is 5.75 Å². The molecule has 1 atom stereocenters. The first-order chi connectivity index (χ1) is 9.61. The van der Waals surface area contributed by atoms with Crippen molar-refractivity contribution < 1.29 is 9.13 Å². The minimum absolute atomic E-state index is 0.229. The number of halogens is 1. The Hall–Kier alpha value is -2.36. The highest BCUT2D eigenvalue weighted by molar-refractivity contribution is 5.75. The highest BCUT2D eigenvalue weighted by Gasteiger charge is 2.12. The van der Waals surface area contributed by atoms with E-state index in [1.54, 1.807) is 6.07 Å². The minimum atomic E-state index is -0.278. The Labute approximate surface area is 116 Å². The number of hydrogen-bond acceptors (Lipinski definition) is 2. The van der Waals surface area contributed by atoms with Gasteiger partial charge in [0.05, 0.1) is 11.0 Å². The van der Waals surface area contributed by atoms with E-state index < -0.39 is 0 Å². The van der Waals surface area contributed by atoms with Crippen molar-refractivity contribution >= 4 is 11.0 Å². The Morgan fingerprint density at radius 1 is 1.20 bits per heavy atom. The molecule has 2 aromatic carbocycles. The first-order valence-corrected chi connectivity index (χ1v) is 6.50. The molecule has 0 saturated carbocycles. The lowest BCUT2D eigenvalue weighted by atomic mass is 10.2. The summed E-state index contributed by atoms with van der Waals surface area (Å²) in [6.07, 6.45) is -0.229. The van der Waals surface area contributed by atoms with Gasteiger partial charge < -0.3 is 9.72 Å². The first-order valence-electron chi connectivity index (χ1n) is 6.50. The monoisotopic (exact) mass is 270 g/mol. The molecule has 0 aliphatic carbocycles. The third-order valence-electron chi connectivity index (χ3n) is 3.15. The summed E-state index contributed by atoms with van der Waals surface area (Å²) in [5, 5.41) is 0. The van der Waals surface area contributed by atoms with Crippen LogP contribution in [-0.4, -0.2) is 9.97 Å². The predicted octanol–water partition coefficient (Wildman–Crippen LogP) is 4.15. The fourth-order valence-electron chi connectivity index (χ4n) is 2.14.